The number of H-pyrrole nitrogens is 1. The first-order valence-corrected chi connectivity index (χ1v) is 9.34. The van der Waals surface area contributed by atoms with Gasteiger partial charge in [0.1, 0.15) is 6.33 Å². The van der Waals surface area contributed by atoms with E-state index in [0.717, 1.165) is 9.69 Å². The minimum absolute atomic E-state index is 0.0172. The molecule has 0 radical (unpaired) electrons. The molecule has 1 N–H and O–H groups in total. The molecular formula is C14H13F3N6O2S. The lowest BCUT2D eigenvalue weighted by atomic mass is 10.0. The minimum atomic E-state index is -4.77. The van der Waals surface area contributed by atoms with E-state index >= 15 is 0 Å². The van der Waals surface area contributed by atoms with Crippen LogP contribution in [0.1, 0.15) is 18.0 Å². The lowest BCUT2D eigenvalue weighted by molar-refractivity contribution is -0.106. The van der Waals surface area contributed by atoms with Crippen molar-refractivity contribution in [3.63, 3.8) is 0 Å². The number of hydrogen-bond acceptors (Lipinski definition) is 6. The van der Waals surface area contributed by atoms with E-state index in [2.05, 4.69) is 25.1 Å². The number of hydrogen-bond donors (Lipinski definition) is 1. The summed E-state index contributed by atoms with van der Waals surface area (Å²) in [6, 6.07) is 1.78. The predicted molar refractivity (Wildman–Crippen MR) is 85.8 cm³/mol. The fourth-order valence-electron chi connectivity index (χ4n) is 3.28. The molecule has 0 saturated carbocycles. The van der Waals surface area contributed by atoms with E-state index < -0.39 is 22.0 Å². The number of fused-ring (bicyclic) bond motifs is 3. The Balaban J connectivity index is 1.71. The van der Waals surface area contributed by atoms with Gasteiger partial charge in [-0.2, -0.15) is 13.2 Å². The van der Waals surface area contributed by atoms with E-state index in [1.807, 2.05) is 0 Å². The van der Waals surface area contributed by atoms with Gasteiger partial charge in [-0.25, -0.2) is 22.7 Å². The molecule has 1 fully saturated rings. The van der Waals surface area contributed by atoms with Crippen molar-refractivity contribution in [2.45, 2.75) is 18.5 Å². The standard InChI is InChI=1S/C14H13F3N6O2S/c15-14(16,17)6-26(24,25)23-4-2-8(5-23)11-10-9-1-3-18-12(9)21-22-13(10)20-7-19-11/h1,3,7-8H,2,4-6H2,(H,18,21). The molecule has 26 heavy (non-hydrogen) atoms. The van der Waals surface area contributed by atoms with Crippen LogP contribution in [0, 0.1) is 0 Å². The Bertz CT molecular complexity index is 1080. The summed E-state index contributed by atoms with van der Waals surface area (Å²) in [6.07, 6.45) is -1.41. The molecule has 4 rings (SSSR count). The van der Waals surface area contributed by atoms with Crippen molar-refractivity contribution in [2.75, 3.05) is 18.8 Å². The molecule has 0 bridgehead atoms. The lowest BCUT2D eigenvalue weighted by Crippen LogP contribution is -2.36. The average molecular weight is 386 g/mol. The van der Waals surface area contributed by atoms with E-state index in [4.69, 9.17) is 0 Å². The summed E-state index contributed by atoms with van der Waals surface area (Å²) in [5.74, 6) is -2.20. The maximum absolute atomic E-state index is 12.5. The number of nitrogens with zero attached hydrogens (tertiary/aromatic N) is 5. The van der Waals surface area contributed by atoms with Crippen LogP contribution < -0.4 is 0 Å². The number of nitrogens with one attached hydrogen (secondary N) is 1. The maximum atomic E-state index is 12.5. The van der Waals surface area contributed by atoms with Crippen LogP contribution in [0.2, 0.25) is 0 Å². The van der Waals surface area contributed by atoms with Crippen molar-refractivity contribution in [2.24, 2.45) is 0 Å². The second-order valence-electron chi connectivity index (χ2n) is 6.11. The van der Waals surface area contributed by atoms with E-state index in [-0.39, 0.29) is 19.0 Å². The molecule has 0 amide bonds. The smallest absolute Gasteiger partial charge is 0.345 e. The molecule has 1 atom stereocenters. The Morgan fingerprint density at radius 3 is 2.85 bits per heavy atom. The van der Waals surface area contributed by atoms with Crippen LogP contribution in [0.5, 0.6) is 0 Å². The molecule has 8 nitrogen and oxygen atoms in total. The Morgan fingerprint density at radius 2 is 2.08 bits per heavy atom. The number of sulfonamides is 1. The van der Waals surface area contributed by atoms with Gasteiger partial charge in [0.15, 0.2) is 17.0 Å². The third-order valence-corrected chi connectivity index (χ3v) is 6.18. The largest absolute Gasteiger partial charge is 0.404 e. The zero-order chi connectivity index (χ0) is 18.5. The Morgan fingerprint density at radius 1 is 1.27 bits per heavy atom. The highest BCUT2D eigenvalue weighted by Crippen LogP contribution is 2.34. The zero-order valence-corrected chi connectivity index (χ0v) is 14.0. The van der Waals surface area contributed by atoms with E-state index in [1.54, 1.807) is 12.3 Å². The van der Waals surface area contributed by atoms with Crippen molar-refractivity contribution < 1.29 is 21.6 Å². The second kappa shape index (κ2) is 5.84. The number of alkyl halides is 3. The first kappa shape index (κ1) is 17.1. The fourth-order valence-corrected chi connectivity index (χ4v) is 4.66. The first-order chi connectivity index (χ1) is 12.2. The third kappa shape index (κ3) is 2.98. The molecule has 4 heterocycles. The van der Waals surface area contributed by atoms with Crippen LogP contribution in [0.25, 0.3) is 22.1 Å². The van der Waals surface area contributed by atoms with Gasteiger partial charge < -0.3 is 4.98 Å². The molecule has 1 aliphatic heterocycles. The zero-order valence-electron chi connectivity index (χ0n) is 13.2. The van der Waals surface area contributed by atoms with Gasteiger partial charge in [0.05, 0.1) is 11.1 Å². The molecule has 0 spiro atoms. The van der Waals surface area contributed by atoms with Crippen molar-refractivity contribution in [3.8, 4) is 0 Å². The highest BCUT2D eigenvalue weighted by atomic mass is 32.2. The highest BCUT2D eigenvalue weighted by molar-refractivity contribution is 7.89. The fraction of sp³-hybridized carbons (Fsp3) is 0.429. The monoisotopic (exact) mass is 386 g/mol. The van der Waals surface area contributed by atoms with E-state index in [0.29, 0.717) is 28.8 Å². The molecule has 3 aromatic heterocycles. The quantitative estimate of drug-likeness (QED) is 0.733. The van der Waals surface area contributed by atoms with Crippen LogP contribution in [0.4, 0.5) is 13.2 Å². The van der Waals surface area contributed by atoms with Gasteiger partial charge in [0, 0.05) is 30.6 Å². The topological polar surface area (TPSA) is 105 Å². The van der Waals surface area contributed by atoms with Gasteiger partial charge in [0.25, 0.3) is 0 Å². The van der Waals surface area contributed by atoms with E-state index in [9.17, 15) is 21.6 Å². The van der Waals surface area contributed by atoms with Crippen molar-refractivity contribution in [1.29, 1.82) is 0 Å². The van der Waals surface area contributed by atoms with Gasteiger partial charge in [-0.15, -0.1) is 10.2 Å². The molecule has 0 aromatic carbocycles. The Labute approximate surface area is 145 Å². The molecule has 12 heteroatoms. The average Bonchev–Trinajstić information content (AvgIpc) is 3.21. The minimum Gasteiger partial charge on any atom is -0.345 e. The van der Waals surface area contributed by atoms with Crippen LogP contribution in [0.15, 0.2) is 18.6 Å². The summed E-state index contributed by atoms with van der Waals surface area (Å²) >= 11 is 0. The molecule has 0 aliphatic carbocycles. The summed E-state index contributed by atoms with van der Waals surface area (Å²) < 4.78 is 62.5. The number of halogens is 3. The van der Waals surface area contributed by atoms with Gasteiger partial charge in [-0.3, -0.25) is 0 Å². The second-order valence-corrected chi connectivity index (χ2v) is 8.08. The van der Waals surface area contributed by atoms with Gasteiger partial charge >= 0.3 is 6.18 Å². The number of aromatic nitrogens is 5. The SMILES string of the molecule is O=S(=O)(CC(F)(F)F)N1CCC(c2ncnc3nnc4[nH]ccc4c23)C1. The Hall–Kier alpha value is -2.34. The summed E-state index contributed by atoms with van der Waals surface area (Å²) in [7, 11) is -4.41. The van der Waals surface area contributed by atoms with Crippen LogP contribution in [-0.2, 0) is 10.0 Å². The molecule has 1 saturated heterocycles. The van der Waals surface area contributed by atoms with E-state index in [1.165, 1.54) is 6.33 Å². The molecule has 3 aromatic rings. The van der Waals surface area contributed by atoms with Crippen LogP contribution >= 0.6 is 0 Å². The van der Waals surface area contributed by atoms with Gasteiger partial charge in [-0.1, -0.05) is 0 Å². The molecular weight excluding hydrogens is 373 g/mol. The predicted octanol–water partition coefficient (Wildman–Crippen LogP) is 1.58. The molecule has 1 unspecified atom stereocenters. The van der Waals surface area contributed by atoms with Crippen molar-refractivity contribution in [1.82, 2.24) is 29.5 Å². The highest BCUT2D eigenvalue weighted by Gasteiger charge is 2.41. The Kier molecular flexibility index (Phi) is 3.84. The van der Waals surface area contributed by atoms with Gasteiger partial charge in [0.2, 0.25) is 10.0 Å². The van der Waals surface area contributed by atoms with Crippen molar-refractivity contribution >= 4 is 32.1 Å². The van der Waals surface area contributed by atoms with Gasteiger partial charge in [-0.05, 0) is 12.5 Å². The molecule has 1 aliphatic rings. The third-order valence-electron chi connectivity index (χ3n) is 4.37. The summed E-state index contributed by atoms with van der Waals surface area (Å²) in [5.41, 5.74) is 1.46. The number of aromatic amines is 1. The lowest BCUT2D eigenvalue weighted by Gasteiger charge is -2.18. The summed E-state index contributed by atoms with van der Waals surface area (Å²) in [5, 5.41) is 9.40. The summed E-state index contributed by atoms with van der Waals surface area (Å²) in [4.78, 5) is 11.3. The normalized spacial score (nSPS) is 19.6. The van der Waals surface area contributed by atoms with Crippen LogP contribution in [0.3, 0.4) is 0 Å². The first-order valence-electron chi connectivity index (χ1n) is 7.73. The van der Waals surface area contributed by atoms with Crippen LogP contribution in [-0.4, -0.2) is 62.9 Å². The molecule has 138 valence electrons. The van der Waals surface area contributed by atoms with Crippen molar-refractivity contribution in [3.05, 3.63) is 24.3 Å². The summed E-state index contributed by atoms with van der Waals surface area (Å²) in [6.45, 7) is -0.0395. The number of rotatable bonds is 3. The maximum Gasteiger partial charge on any atom is 0.404 e.